The number of nitro benzene ring substituents is 1. The molecule has 156 valence electrons. The van der Waals surface area contributed by atoms with Gasteiger partial charge in [-0.25, -0.2) is 4.79 Å². The lowest BCUT2D eigenvalue weighted by Gasteiger charge is -2.35. The molecular formula is C21H23N5O4. The van der Waals surface area contributed by atoms with Crippen molar-refractivity contribution in [2.24, 2.45) is 0 Å². The van der Waals surface area contributed by atoms with Crippen molar-refractivity contribution in [3.63, 3.8) is 0 Å². The van der Waals surface area contributed by atoms with Crippen molar-refractivity contribution in [1.82, 2.24) is 14.5 Å². The first-order valence-corrected chi connectivity index (χ1v) is 9.92. The van der Waals surface area contributed by atoms with Gasteiger partial charge >= 0.3 is 5.69 Å². The maximum Gasteiger partial charge on any atom is 0.326 e. The molecule has 9 nitrogen and oxygen atoms in total. The number of carbonyl (C=O) groups excluding carboxylic acids is 1. The predicted molar refractivity (Wildman–Crippen MR) is 114 cm³/mol. The van der Waals surface area contributed by atoms with E-state index in [1.165, 1.54) is 24.3 Å². The molecule has 0 aliphatic carbocycles. The largest absolute Gasteiger partial charge is 0.326 e. The van der Waals surface area contributed by atoms with Crippen molar-refractivity contribution in [3.05, 3.63) is 69.1 Å². The molecule has 2 N–H and O–H groups in total. The number of nitro groups is 1. The van der Waals surface area contributed by atoms with Gasteiger partial charge < -0.3 is 10.3 Å². The Morgan fingerprint density at radius 1 is 1.17 bits per heavy atom. The van der Waals surface area contributed by atoms with Crippen LogP contribution in [-0.2, 0) is 4.79 Å². The standard InChI is InChI=1S/C21H23N5O4/c1-14(20(27)22-15-6-8-17(9-7-15)26(29)30)24-12-10-16(11-13-24)25-19-5-3-2-4-18(19)23-21(25)28/h2-9,14,16H,10-13H2,1H3,(H,22,27)(H,23,28)/t14-/m0/s1. The average molecular weight is 409 g/mol. The van der Waals surface area contributed by atoms with Crippen LogP contribution in [0.15, 0.2) is 53.3 Å². The third-order valence-electron chi connectivity index (χ3n) is 5.76. The molecule has 0 saturated carbocycles. The summed E-state index contributed by atoms with van der Waals surface area (Å²) in [5.41, 5.74) is 2.15. The topological polar surface area (TPSA) is 113 Å². The highest BCUT2D eigenvalue weighted by atomic mass is 16.6. The van der Waals surface area contributed by atoms with Crippen LogP contribution in [0.25, 0.3) is 11.0 Å². The number of amides is 1. The van der Waals surface area contributed by atoms with Crippen molar-refractivity contribution in [1.29, 1.82) is 0 Å². The van der Waals surface area contributed by atoms with Gasteiger partial charge in [0.2, 0.25) is 5.91 Å². The van der Waals surface area contributed by atoms with E-state index in [1.54, 1.807) is 0 Å². The maximum absolute atomic E-state index is 12.6. The van der Waals surface area contributed by atoms with Crippen molar-refractivity contribution >= 4 is 28.3 Å². The lowest BCUT2D eigenvalue weighted by Crippen LogP contribution is -2.46. The fourth-order valence-corrected chi connectivity index (χ4v) is 4.05. The van der Waals surface area contributed by atoms with Gasteiger partial charge in [0, 0.05) is 37.0 Å². The molecule has 30 heavy (non-hydrogen) atoms. The number of hydrogen-bond donors (Lipinski definition) is 2. The van der Waals surface area contributed by atoms with Crippen LogP contribution in [0.1, 0.15) is 25.8 Å². The van der Waals surface area contributed by atoms with E-state index in [1.807, 2.05) is 35.8 Å². The third kappa shape index (κ3) is 3.84. The molecule has 1 saturated heterocycles. The van der Waals surface area contributed by atoms with Gasteiger partial charge in [0.15, 0.2) is 0 Å². The van der Waals surface area contributed by atoms with E-state index in [0.29, 0.717) is 18.8 Å². The monoisotopic (exact) mass is 409 g/mol. The molecule has 0 radical (unpaired) electrons. The summed E-state index contributed by atoms with van der Waals surface area (Å²) in [4.78, 5) is 40.3. The second-order valence-corrected chi connectivity index (χ2v) is 7.55. The highest BCUT2D eigenvalue weighted by Gasteiger charge is 2.28. The average Bonchev–Trinajstić information content (AvgIpc) is 3.09. The molecule has 1 aromatic heterocycles. The quantitative estimate of drug-likeness (QED) is 0.497. The zero-order chi connectivity index (χ0) is 21.3. The minimum absolute atomic E-state index is 0.0179. The van der Waals surface area contributed by atoms with Crippen molar-refractivity contribution in [2.45, 2.75) is 31.8 Å². The van der Waals surface area contributed by atoms with Gasteiger partial charge in [-0.2, -0.15) is 0 Å². The zero-order valence-electron chi connectivity index (χ0n) is 16.6. The fraction of sp³-hybridized carbons (Fsp3) is 0.333. The highest BCUT2D eigenvalue weighted by molar-refractivity contribution is 5.94. The number of non-ortho nitro benzene ring substituents is 1. The van der Waals surface area contributed by atoms with Crippen LogP contribution in [0, 0.1) is 10.1 Å². The van der Waals surface area contributed by atoms with E-state index in [9.17, 15) is 19.7 Å². The van der Waals surface area contributed by atoms with Gasteiger partial charge in [0.1, 0.15) is 0 Å². The number of nitrogens with zero attached hydrogens (tertiary/aromatic N) is 3. The number of rotatable bonds is 5. The normalized spacial score (nSPS) is 16.4. The van der Waals surface area contributed by atoms with Crippen LogP contribution < -0.4 is 11.0 Å². The Morgan fingerprint density at radius 2 is 1.83 bits per heavy atom. The zero-order valence-corrected chi connectivity index (χ0v) is 16.6. The molecule has 2 aromatic carbocycles. The summed E-state index contributed by atoms with van der Waals surface area (Å²) in [5.74, 6) is -0.161. The van der Waals surface area contributed by atoms with Crippen LogP contribution in [-0.4, -0.2) is 44.4 Å². The van der Waals surface area contributed by atoms with Crippen molar-refractivity contribution in [2.75, 3.05) is 18.4 Å². The summed E-state index contributed by atoms with van der Waals surface area (Å²) >= 11 is 0. The van der Waals surface area contributed by atoms with Gasteiger partial charge in [0.05, 0.1) is 22.0 Å². The Hall–Kier alpha value is -3.46. The molecule has 1 fully saturated rings. The number of fused-ring (bicyclic) bond motifs is 1. The number of benzene rings is 2. The van der Waals surface area contributed by atoms with Crippen molar-refractivity contribution < 1.29 is 9.72 Å². The predicted octanol–water partition coefficient (Wildman–Crippen LogP) is 2.90. The first kappa shape index (κ1) is 19.8. The number of likely N-dealkylation sites (tertiary alicyclic amines) is 1. The molecule has 2 heterocycles. The van der Waals surface area contributed by atoms with E-state index in [0.717, 1.165) is 23.9 Å². The number of aromatic amines is 1. The Bertz CT molecular complexity index is 1130. The number of H-pyrrole nitrogens is 1. The molecule has 0 unspecified atom stereocenters. The number of nitrogens with one attached hydrogen (secondary N) is 2. The number of para-hydroxylation sites is 2. The van der Waals surface area contributed by atoms with Crippen LogP contribution >= 0.6 is 0 Å². The summed E-state index contributed by atoms with van der Waals surface area (Å²) in [6.45, 7) is 3.25. The van der Waals surface area contributed by atoms with Crippen LogP contribution in [0.5, 0.6) is 0 Å². The van der Waals surface area contributed by atoms with E-state index in [4.69, 9.17) is 0 Å². The summed E-state index contributed by atoms with van der Waals surface area (Å²) in [6, 6.07) is 13.2. The van der Waals surface area contributed by atoms with Gasteiger partial charge in [0.25, 0.3) is 5.69 Å². The third-order valence-corrected chi connectivity index (χ3v) is 5.76. The highest BCUT2D eigenvalue weighted by Crippen LogP contribution is 2.26. The second kappa shape index (κ2) is 8.11. The number of anilines is 1. The lowest BCUT2D eigenvalue weighted by molar-refractivity contribution is -0.384. The van der Waals surface area contributed by atoms with Crippen LogP contribution in [0.4, 0.5) is 11.4 Å². The van der Waals surface area contributed by atoms with Crippen molar-refractivity contribution in [3.8, 4) is 0 Å². The van der Waals surface area contributed by atoms with Gasteiger partial charge in [-0.15, -0.1) is 0 Å². The van der Waals surface area contributed by atoms with E-state index in [-0.39, 0.29) is 29.4 Å². The molecular weight excluding hydrogens is 386 g/mol. The fourth-order valence-electron chi connectivity index (χ4n) is 4.05. The van der Waals surface area contributed by atoms with E-state index in [2.05, 4.69) is 15.2 Å². The molecule has 0 bridgehead atoms. The lowest BCUT2D eigenvalue weighted by atomic mass is 10.0. The molecule has 1 aliphatic heterocycles. The summed E-state index contributed by atoms with van der Waals surface area (Å²) in [6.07, 6.45) is 1.55. The molecule has 4 rings (SSSR count). The number of aromatic nitrogens is 2. The first-order valence-electron chi connectivity index (χ1n) is 9.92. The molecule has 9 heteroatoms. The van der Waals surface area contributed by atoms with E-state index < -0.39 is 4.92 Å². The molecule has 1 atom stereocenters. The first-order chi connectivity index (χ1) is 14.4. The summed E-state index contributed by atoms with van der Waals surface area (Å²) in [5, 5.41) is 13.6. The summed E-state index contributed by atoms with van der Waals surface area (Å²) < 4.78 is 1.83. The minimum Gasteiger partial charge on any atom is -0.325 e. The number of imidazole rings is 1. The number of hydrogen-bond acceptors (Lipinski definition) is 5. The Balaban J connectivity index is 1.38. The molecule has 1 aliphatic rings. The molecule has 0 spiro atoms. The molecule has 3 aromatic rings. The van der Waals surface area contributed by atoms with Gasteiger partial charge in [-0.05, 0) is 44.0 Å². The van der Waals surface area contributed by atoms with Crippen LogP contribution in [0.2, 0.25) is 0 Å². The van der Waals surface area contributed by atoms with Crippen LogP contribution in [0.3, 0.4) is 0 Å². The Kier molecular flexibility index (Phi) is 5.37. The number of carbonyl (C=O) groups is 1. The number of piperidine rings is 1. The van der Waals surface area contributed by atoms with Gasteiger partial charge in [-0.1, -0.05) is 12.1 Å². The molecule has 1 amide bonds. The Morgan fingerprint density at radius 3 is 2.50 bits per heavy atom. The SMILES string of the molecule is C[C@@H](C(=O)Nc1ccc([N+](=O)[O-])cc1)N1CCC(n2c(=O)[nH]c3ccccc32)CC1. The Labute approximate surface area is 172 Å². The second-order valence-electron chi connectivity index (χ2n) is 7.55. The minimum atomic E-state index is -0.475. The maximum atomic E-state index is 12.6. The van der Waals surface area contributed by atoms with E-state index >= 15 is 0 Å². The smallest absolute Gasteiger partial charge is 0.325 e. The summed E-state index contributed by atoms with van der Waals surface area (Å²) in [7, 11) is 0. The van der Waals surface area contributed by atoms with Gasteiger partial charge in [-0.3, -0.25) is 24.4 Å².